The third-order valence-corrected chi connectivity index (χ3v) is 8.53. The summed E-state index contributed by atoms with van der Waals surface area (Å²) in [5.41, 5.74) is -3.16. The van der Waals surface area contributed by atoms with Crippen LogP contribution in [0.5, 0.6) is 0 Å². The summed E-state index contributed by atoms with van der Waals surface area (Å²) in [5, 5.41) is 27.6. The number of tetrazole rings is 1. The highest BCUT2D eigenvalue weighted by Gasteiger charge is 2.61. The standard InChI is InChI=1S/C31H38F3N7O6/c1-29(2,3)47-28(46)35-22-13-8-6-4-5-7-11-20-16-30(20,27(44)45)36-25(42)23-15-21(17-40(23)26(22)43)41-38-24(37-39-41)18-10-9-12-19(14-18)31(32,33)34/h7,9-12,14,20-23H,4-6,8,13,15-17H2,1-3H3,(H,35,46)(H,36,42)(H,44,45)/b11-7-/t20-,21-,22+,23-,30-/m0/s1. The quantitative estimate of drug-likeness (QED) is 0.412. The number of aromatic nitrogens is 4. The number of halogens is 3. The molecule has 3 aliphatic rings. The first-order valence-electron chi connectivity index (χ1n) is 15.6. The molecule has 2 aliphatic heterocycles. The molecule has 2 aromatic rings. The predicted octanol–water partition coefficient (Wildman–Crippen LogP) is 3.87. The second-order valence-corrected chi connectivity index (χ2v) is 13.2. The molecule has 16 heteroatoms. The van der Waals surface area contributed by atoms with Gasteiger partial charge in [-0.2, -0.15) is 18.0 Å². The van der Waals surface area contributed by atoms with Gasteiger partial charge >= 0.3 is 18.2 Å². The maximum absolute atomic E-state index is 14.1. The van der Waals surface area contributed by atoms with Crippen LogP contribution in [-0.4, -0.2) is 83.9 Å². The predicted molar refractivity (Wildman–Crippen MR) is 159 cm³/mol. The maximum atomic E-state index is 14.1. The lowest BCUT2D eigenvalue weighted by molar-refractivity contribution is -0.145. The lowest BCUT2D eigenvalue weighted by Crippen LogP contribution is -2.56. The first kappa shape index (κ1) is 33.9. The molecule has 1 aromatic carbocycles. The van der Waals surface area contributed by atoms with Crippen LogP contribution in [0, 0.1) is 5.92 Å². The molecule has 0 unspecified atom stereocenters. The number of benzene rings is 1. The average Bonchev–Trinajstić information content (AvgIpc) is 3.31. The molecule has 47 heavy (non-hydrogen) atoms. The number of carboxylic acid groups (broad SMARTS) is 1. The molecule has 2 fully saturated rings. The number of hydrogen-bond acceptors (Lipinski definition) is 8. The van der Waals surface area contributed by atoms with E-state index in [9.17, 15) is 37.5 Å². The minimum atomic E-state index is -4.58. The van der Waals surface area contributed by atoms with E-state index >= 15 is 0 Å². The normalized spacial score (nSPS) is 27.8. The van der Waals surface area contributed by atoms with E-state index in [1.165, 1.54) is 17.0 Å². The van der Waals surface area contributed by atoms with Crippen molar-refractivity contribution in [2.45, 2.75) is 101 Å². The second-order valence-electron chi connectivity index (χ2n) is 13.2. The van der Waals surface area contributed by atoms with E-state index in [0.29, 0.717) is 12.8 Å². The molecule has 1 saturated carbocycles. The van der Waals surface area contributed by atoms with Gasteiger partial charge in [-0.05, 0) is 63.8 Å². The summed E-state index contributed by atoms with van der Waals surface area (Å²) in [5.74, 6) is -2.95. The molecule has 1 aromatic heterocycles. The first-order chi connectivity index (χ1) is 22.1. The molecular weight excluding hydrogens is 623 g/mol. The van der Waals surface area contributed by atoms with Crippen molar-refractivity contribution in [3.05, 3.63) is 42.0 Å². The molecule has 3 amide bonds. The summed E-state index contributed by atoms with van der Waals surface area (Å²) in [4.78, 5) is 55.4. The van der Waals surface area contributed by atoms with Crippen molar-refractivity contribution in [1.29, 1.82) is 0 Å². The van der Waals surface area contributed by atoms with Gasteiger partial charge in [-0.15, -0.1) is 10.2 Å². The topological polar surface area (TPSA) is 169 Å². The van der Waals surface area contributed by atoms with Gasteiger partial charge in [-0.1, -0.05) is 37.1 Å². The second kappa shape index (κ2) is 13.0. The Kier molecular flexibility index (Phi) is 9.33. The lowest BCUT2D eigenvalue weighted by Gasteiger charge is -2.30. The van der Waals surface area contributed by atoms with Gasteiger partial charge in [0.15, 0.2) is 0 Å². The minimum absolute atomic E-state index is 0.0364. The lowest BCUT2D eigenvalue weighted by atomic mass is 10.0. The number of carboxylic acids is 1. The number of fused-ring (bicyclic) bond motifs is 2. The van der Waals surface area contributed by atoms with E-state index in [1.54, 1.807) is 26.8 Å². The monoisotopic (exact) mass is 661 g/mol. The van der Waals surface area contributed by atoms with Gasteiger partial charge in [0, 0.05) is 24.4 Å². The average molecular weight is 662 g/mol. The minimum Gasteiger partial charge on any atom is -0.479 e. The number of nitrogens with one attached hydrogen (secondary N) is 2. The molecule has 3 N–H and O–H groups in total. The first-order valence-corrected chi connectivity index (χ1v) is 15.6. The number of aliphatic carboxylic acids is 1. The van der Waals surface area contributed by atoms with Gasteiger partial charge in [0.1, 0.15) is 23.2 Å². The Balaban J connectivity index is 1.45. The Morgan fingerprint density at radius 1 is 1.15 bits per heavy atom. The highest BCUT2D eigenvalue weighted by atomic mass is 19.4. The zero-order chi connectivity index (χ0) is 34.1. The van der Waals surface area contributed by atoms with Gasteiger partial charge in [-0.3, -0.25) is 9.59 Å². The van der Waals surface area contributed by atoms with E-state index in [2.05, 4.69) is 26.0 Å². The van der Waals surface area contributed by atoms with E-state index in [1.807, 2.05) is 6.08 Å². The summed E-state index contributed by atoms with van der Waals surface area (Å²) in [6.45, 7) is 4.95. The molecule has 0 radical (unpaired) electrons. The number of amides is 3. The number of hydrogen-bond donors (Lipinski definition) is 3. The van der Waals surface area contributed by atoms with Crippen LogP contribution < -0.4 is 10.6 Å². The third-order valence-electron chi connectivity index (χ3n) is 8.53. The van der Waals surface area contributed by atoms with E-state index in [0.717, 1.165) is 29.8 Å². The highest BCUT2D eigenvalue weighted by Crippen LogP contribution is 2.45. The number of alkyl halides is 3. The van der Waals surface area contributed by atoms with Crippen LogP contribution in [0.2, 0.25) is 0 Å². The highest BCUT2D eigenvalue weighted by molar-refractivity contribution is 5.96. The fourth-order valence-electron chi connectivity index (χ4n) is 6.03. The van der Waals surface area contributed by atoms with Crippen LogP contribution in [-0.2, 0) is 25.3 Å². The van der Waals surface area contributed by atoms with Gasteiger partial charge in [0.05, 0.1) is 11.6 Å². The fraction of sp³-hybridized carbons (Fsp3) is 0.581. The number of rotatable bonds is 4. The van der Waals surface area contributed by atoms with E-state index in [4.69, 9.17) is 4.74 Å². The van der Waals surface area contributed by atoms with Crippen molar-refractivity contribution in [2.24, 2.45) is 5.92 Å². The number of allylic oxidation sites excluding steroid dienone is 1. The van der Waals surface area contributed by atoms with Crippen LogP contribution in [0.4, 0.5) is 18.0 Å². The SMILES string of the molecule is CC(C)(C)OC(=O)N[C@@H]1CCCCC/C=C\[C@H]2C[C@]2(C(=O)O)NC(=O)[C@@H]2C[C@H](n3nnc(-c4cccc(C(F)(F)F)c4)n3)CN2C1=O. The Morgan fingerprint density at radius 2 is 1.91 bits per heavy atom. The molecule has 5 rings (SSSR count). The van der Waals surface area contributed by atoms with Gasteiger partial charge < -0.3 is 25.4 Å². The van der Waals surface area contributed by atoms with E-state index in [-0.39, 0.29) is 37.2 Å². The van der Waals surface area contributed by atoms with Crippen molar-refractivity contribution in [2.75, 3.05) is 6.54 Å². The Labute approximate surface area is 268 Å². The zero-order valence-electron chi connectivity index (χ0n) is 26.3. The molecule has 254 valence electrons. The van der Waals surface area contributed by atoms with Crippen molar-refractivity contribution in [1.82, 2.24) is 35.7 Å². The summed E-state index contributed by atoms with van der Waals surface area (Å²) < 4.78 is 45.3. The van der Waals surface area contributed by atoms with Crippen LogP contribution in [0.25, 0.3) is 11.4 Å². The van der Waals surface area contributed by atoms with Crippen molar-refractivity contribution >= 4 is 23.9 Å². The maximum Gasteiger partial charge on any atom is 0.416 e. The number of carbonyl (C=O) groups is 4. The van der Waals surface area contributed by atoms with Crippen molar-refractivity contribution in [3.8, 4) is 11.4 Å². The number of carbonyl (C=O) groups excluding carboxylic acids is 3. The molecule has 5 atom stereocenters. The number of ether oxygens (including phenoxy) is 1. The molecule has 3 heterocycles. The van der Waals surface area contributed by atoms with Crippen molar-refractivity contribution in [3.63, 3.8) is 0 Å². The molecule has 1 aliphatic carbocycles. The molecule has 1 saturated heterocycles. The van der Waals surface area contributed by atoms with Gasteiger partial charge in [0.2, 0.25) is 17.6 Å². The Morgan fingerprint density at radius 3 is 2.62 bits per heavy atom. The summed E-state index contributed by atoms with van der Waals surface area (Å²) in [7, 11) is 0. The Bertz CT molecular complexity index is 1550. The molecular formula is C31H38F3N7O6. The summed E-state index contributed by atoms with van der Waals surface area (Å²) >= 11 is 0. The van der Waals surface area contributed by atoms with Crippen molar-refractivity contribution < 1.29 is 42.2 Å². The third kappa shape index (κ3) is 7.73. The molecule has 0 bridgehead atoms. The van der Waals surface area contributed by atoms with Crippen LogP contribution in [0.15, 0.2) is 36.4 Å². The van der Waals surface area contributed by atoms with Gasteiger partial charge in [0.25, 0.3) is 0 Å². The molecule has 0 spiro atoms. The smallest absolute Gasteiger partial charge is 0.416 e. The Hall–Kier alpha value is -4.50. The van der Waals surface area contributed by atoms with Crippen LogP contribution >= 0.6 is 0 Å². The van der Waals surface area contributed by atoms with E-state index < -0.39 is 70.8 Å². The largest absolute Gasteiger partial charge is 0.479 e. The zero-order valence-corrected chi connectivity index (χ0v) is 26.3. The van der Waals surface area contributed by atoms with Crippen LogP contribution in [0.3, 0.4) is 0 Å². The van der Waals surface area contributed by atoms with Crippen LogP contribution in [0.1, 0.15) is 77.3 Å². The fourth-order valence-corrected chi connectivity index (χ4v) is 6.03. The van der Waals surface area contributed by atoms with Gasteiger partial charge in [-0.25, -0.2) is 9.59 Å². The number of alkyl carbamates (subject to hydrolysis) is 1. The molecule has 13 nitrogen and oxygen atoms in total. The summed E-state index contributed by atoms with van der Waals surface area (Å²) in [6.07, 6.45) is 1.55. The number of nitrogens with zero attached hydrogens (tertiary/aromatic N) is 5. The summed E-state index contributed by atoms with van der Waals surface area (Å²) in [6, 6.07) is 1.51.